The summed E-state index contributed by atoms with van der Waals surface area (Å²) in [6.45, 7) is 5.91. The van der Waals surface area contributed by atoms with Crippen molar-refractivity contribution in [2.24, 2.45) is 5.92 Å². The Kier molecular flexibility index (Phi) is 4.28. The van der Waals surface area contributed by atoms with Crippen LogP contribution in [0.2, 0.25) is 5.02 Å². The molecule has 2 rings (SSSR count). The van der Waals surface area contributed by atoms with Crippen molar-refractivity contribution in [2.45, 2.75) is 20.4 Å². The van der Waals surface area contributed by atoms with Gasteiger partial charge in [0.05, 0.1) is 12.2 Å². The highest BCUT2D eigenvalue weighted by atomic mass is 35.5. The quantitative estimate of drug-likeness (QED) is 0.899. The molecule has 0 aliphatic rings. The van der Waals surface area contributed by atoms with Gasteiger partial charge >= 0.3 is 0 Å². The van der Waals surface area contributed by atoms with Gasteiger partial charge in [0.15, 0.2) is 5.82 Å². The predicted molar refractivity (Wildman–Crippen MR) is 70.7 cm³/mol. The van der Waals surface area contributed by atoms with Crippen molar-refractivity contribution in [3.05, 3.63) is 35.1 Å². The number of nitrogens with one attached hydrogen (secondary N) is 1. The van der Waals surface area contributed by atoms with Crippen molar-refractivity contribution in [1.29, 1.82) is 0 Å². The molecule has 1 aromatic carbocycles. The van der Waals surface area contributed by atoms with E-state index in [0.29, 0.717) is 17.5 Å². The number of hydrogen-bond acceptors (Lipinski definition) is 4. The van der Waals surface area contributed by atoms with Gasteiger partial charge in [0.1, 0.15) is 0 Å². The number of tetrazole rings is 1. The molecular weight excluding hydrogens is 250 g/mol. The van der Waals surface area contributed by atoms with Crippen LogP contribution in [-0.4, -0.2) is 26.8 Å². The summed E-state index contributed by atoms with van der Waals surface area (Å²) in [5.74, 6) is 1.39. The lowest BCUT2D eigenvalue weighted by molar-refractivity contribution is 0.538. The van der Waals surface area contributed by atoms with Crippen LogP contribution < -0.4 is 5.32 Å². The lowest BCUT2D eigenvalue weighted by Crippen LogP contribution is -2.21. The number of hydrogen-bond donors (Lipinski definition) is 1. The summed E-state index contributed by atoms with van der Waals surface area (Å²) in [4.78, 5) is 0. The molecule has 18 heavy (non-hydrogen) atoms. The molecule has 2 aromatic rings. The topological polar surface area (TPSA) is 55.6 Å². The van der Waals surface area contributed by atoms with E-state index >= 15 is 0 Å². The fraction of sp³-hybridized carbons (Fsp3) is 0.417. The van der Waals surface area contributed by atoms with E-state index in [9.17, 15) is 0 Å². The van der Waals surface area contributed by atoms with Gasteiger partial charge in [-0.25, -0.2) is 0 Å². The third-order valence-corrected chi connectivity index (χ3v) is 2.69. The number of halogens is 1. The first-order chi connectivity index (χ1) is 8.66. The second-order valence-electron chi connectivity index (χ2n) is 4.51. The fourth-order valence-electron chi connectivity index (χ4n) is 1.57. The molecule has 0 saturated carbocycles. The molecule has 0 fully saturated rings. The van der Waals surface area contributed by atoms with Gasteiger partial charge in [-0.1, -0.05) is 25.4 Å². The number of benzene rings is 1. The first-order valence-electron chi connectivity index (χ1n) is 5.90. The molecule has 0 amide bonds. The minimum Gasteiger partial charge on any atom is -0.310 e. The van der Waals surface area contributed by atoms with Crippen molar-refractivity contribution in [3.8, 4) is 5.69 Å². The van der Waals surface area contributed by atoms with E-state index in [4.69, 9.17) is 11.6 Å². The maximum Gasteiger partial charge on any atom is 0.170 e. The zero-order chi connectivity index (χ0) is 13.0. The van der Waals surface area contributed by atoms with E-state index in [1.165, 1.54) is 0 Å². The summed E-state index contributed by atoms with van der Waals surface area (Å²) in [6.07, 6.45) is 0. The van der Waals surface area contributed by atoms with Crippen molar-refractivity contribution >= 4 is 11.6 Å². The van der Waals surface area contributed by atoms with E-state index in [-0.39, 0.29) is 0 Å². The molecule has 0 bridgehead atoms. The molecule has 0 saturated heterocycles. The van der Waals surface area contributed by atoms with Gasteiger partial charge in [-0.15, -0.1) is 5.10 Å². The number of rotatable bonds is 5. The Morgan fingerprint density at radius 3 is 2.67 bits per heavy atom. The summed E-state index contributed by atoms with van der Waals surface area (Å²) in [5.41, 5.74) is 0.908. The molecule has 0 aliphatic carbocycles. The second kappa shape index (κ2) is 5.93. The summed E-state index contributed by atoms with van der Waals surface area (Å²) < 4.78 is 1.71. The van der Waals surface area contributed by atoms with Crippen LogP contribution in [0.5, 0.6) is 0 Å². The predicted octanol–water partition coefficient (Wildman–Crippen LogP) is 2.06. The highest BCUT2D eigenvalue weighted by Crippen LogP contribution is 2.13. The average Bonchev–Trinajstić information content (AvgIpc) is 2.78. The third-order valence-electron chi connectivity index (χ3n) is 2.44. The molecule has 0 unspecified atom stereocenters. The fourth-order valence-corrected chi connectivity index (χ4v) is 1.70. The summed E-state index contributed by atoms with van der Waals surface area (Å²) in [7, 11) is 0. The SMILES string of the molecule is CC(C)CNCc1nnnn1-c1ccc(Cl)cc1. The summed E-state index contributed by atoms with van der Waals surface area (Å²) in [5, 5.41) is 15.7. The lowest BCUT2D eigenvalue weighted by Gasteiger charge is -2.07. The molecule has 0 radical (unpaired) electrons. The van der Waals surface area contributed by atoms with E-state index in [1.54, 1.807) is 4.68 Å². The van der Waals surface area contributed by atoms with Crippen LogP contribution in [0, 0.1) is 5.92 Å². The van der Waals surface area contributed by atoms with Gasteiger partial charge in [-0.2, -0.15) is 4.68 Å². The maximum atomic E-state index is 5.86. The van der Waals surface area contributed by atoms with Gasteiger partial charge in [0.25, 0.3) is 0 Å². The van der Waals surface area contributed by atoms with Crippen molar-refractivity contribution in [3.63, 3.8) is 0 Å². The van der Waals surface area contributed by atoms with Crippen molar-refractivity contribution in [2.75, 3.05) is 6.54 Å². The summed E-state index contributed by atoms with van der Waals surface area (Å²) >= 11 is 5.86. The van der Waals surface area contributed by atoms with Crippen LogP contribution in [0.1, 0.15) is 19.7 Å². The minimum atomic E-state index is 0.602. The van der Waals surface area contributed by atoms with Crippen LogP contribution in [-0.2, 0) is 6.54 Å². The molecule has 0 spiro atoms. The van der Waals surface area contributed by atoms with E-state index in [1.807, 2.05) is 24.3 Å². The standard InChI is InChI=1S/C12H16ClN5/c1-9(2)7-14-8-12-15-16-17-18(12)11-5-3-10(13)4-6-11/h3-6,9,14H,7-8H2,1-2H3. The van der Waals surface area contributed by atoms with Crippen LogP contribution in [0.3, 0.4) is 0 Å². The van der Waals surface area contributed by atoms with E-state index < -0.39 is 0 Å². The maximum absolute atomic E-state index is 5.86. The second-order valence-corrected chi connectivity index (χ2v) is 4.94. The average molecular weight is 266 g/mol. The lowest BCUT2D eigenvalue weighted by atomic mass is 10.2. The molecule has 1 N–H and O–H groups in total. The normalized spacial score (nSPS) is 11.1. The summed E-state index contributed by atoms with van der Waals surface area (Å²) in [6, 6.07) is 7.43. The smallest absolute Gasteiger partial charge is 0.170 e. The van der Waals surface area contributed by atoms with E-state index in [2.05, 4.69) is 34.7 Å². The Hall–Kier alpha value is -1.46. The molecule has 1 heterocycles. The Morgan fingerprint density at radius 1 is 1.28 bits per heavy atom. The number of nitrogens with zero attached hydrogens (tertiary/aromatic N) is 4. The van der Waals surface area contributed by atoms with Gasteiger partial charge in [-0.05, 0) is 47.2 Å². The Bertz CT molecular complexity index is 491. The Balaban J connectivity index is 2.10. The molecular formula is C12H16ClN5. The van der Waals surface area contributed by atoms with Crippen LogP contribution in [0.15, 0.2) is 24.3 Å². The Labute approximate surface area is 111 Å². The Morgan fingerprint density at radius 2 is 2.00 bits per heavy atom. The molecule has 1 aromatic heterocycles. The van der Waals surface area contributed by atoms with Gasteiger partial charge in [0.2, 0.25) is 0 Å². The highest BCUT2D eigenvalue weighted by Gasteiger charge is 2.07. The van der Waals surface area contributed by atoms with Crippen LogP contribution in [0.4, 0.5) is 0 Å². The third kappa shape index (κ3) is 3.27. The number of aromatic nitrogens is 4. The molecule has 5 nitrogen and oxygen atoms in total. The largest absolute Gasteiger partial charge is 0.310 e. The molecule has 0 atom stereocenters. The molecule has 0 aliphatic heterocycles. The first kappa shape index (κ1) is 13.0. The first-order valence-corrected chi connectivity index (χ1v) is 6.28. The zero-order valence-corrected chi connectivity index (χ0v) is 11.2. The molecule has 96 valence electrons. The van der Waals surface area contributed by atoms with Crippen molar-refractivity contribution in [1.82, 2.24) is 25.5 Å². The van der Waals surface area contributed by atoms with Crippen LogP contribution >= 0.6 is 11.6 Å². The van der Waals surface area contributed by atoms with Gasteiger partial charge in [0, 0.05) is 5.02 Å². The zero-order valence-electron chi connectivity index (χ0n) is 10.5. The highest BCUT2D eigenvalue weighted by molar-refractivity contribution is 6.30. The monoisotopic (exact) mass is 265 g/mol. The van der Waals surface area contributed by atoms with Gasteiger partial charge in [-0.3, -0.25) is 0 Å². The minimum absolute atomic E-state index is 0.602. The van der Waals surface area contributed by atoms with E-state index in [0.717, 1.165) is 18.1 Å². The van der Waals surface area contributed by atoms with Gasteiger partial charge < -0.3 is 5.32 Å². The molecule has 6 heteroatoms. The van der Waals surface area contributed by atoms with Crippen LogP contribution in [0.25, 0.3) is 5.69 Å². The van der Waals surface area contributed by atoms with Crippen molar-refractivity contribution < 1.29 is 0 Å².